The highest BCUT2D eigenvalue weighted by atomic mass is 32.2. The zero-order valence-electron chi connectivity index (χ0n) is 16.4. The minimum absolute atomic E-state index is 0.0949. The van der Waals surface area contributed by atoms with Gasteiger partial charge in [0.15, 0.2) is 0 Å². The van der Waals surface area contributed by atoms with Crippen molar-refractivity contribution >= 4 is 27.5 Å². The maximum Gasteiger partial charge on any atom is 0.406 e. The molecule has 8 nitrogen and oxygen atoms in total. The fourth-order valence-electron chi connectivity index (χ4n) is 3.45. The normalized spacial score (nSPS) is 21.8. The standard InChI is InChI=1S/C18H23F3N4O4S/c1-23-6-8-25(9-7-23)30(28,29)15-4-2-14(3-5-15)22-17(27)13-10-16(26)24(11-13)12-18(19,20)21/h2-5,13H,6-12H2,1H3,(H,22,27). The molecule has 1 unspecified atom stereocenters. The van der Waals surface area contributed by atoms with E-state index >= 15 is 0 Å². The third kappa shape index (κ3) is 5.29. The largest absolute Gasteiger partial charge is 0.406 e. The third-order valence-corrected chi connectivity index (χ3v) is 7.09. The Hall–Kier alpha value is -2.18. The molecule has 1 aromatic carbocycles. The highest BCUT2D eigenvalue weighted by Gasteiger charge is 2.40. The summed E-state index contributed by atoms with van der Waals surface area (Å²) < 4.78 is 64.3. The van der Waals surface area contributed by atoms with E-state index in [1.807, 2.05) is 11.9 Å². The Morgan fingerprint density at radius 2 is 1.73 bits per heavy atom. The zero-order valence-corrected chi connectivity index (χ0v) is 17.2. The van der Waals surface area contributed by atoms with Crippen LogP contribution in [0, 0.1) is 5.92 Å². The molecule has 1 atom stereocenters. The van der Waals surface area contributed by atoms with Gasteiger partial charge in [0.2, 0.25) is 21.8 Å². The second-order valence-corrected chi connectivity index (χ2v) is 9.45. The van der Waals surface area contributed by atoms with Gasteiger partial charge in [-0.3, -0.25) is 9.59 Å². The number of rotatable bonds is 5. The van der Waals surface area contributed by atoms with Crippen LogP contribution in [0.15, 0.2) is 29.2 Å². The van der Waals surface area contributed by atoms with Crippen molar-refractivity contribution in [2.45, 2.75) is 17.5 Å². The van der Waals surface area contributed by atoms with Crippen molar-refractivity contribution < 1.29 is 31.2 Å². The summed E-state index contributed by atoms with van der Waals surface area (Å²) in [5, 5.41) is 2.54. The number of likely N-dealkylation sites (N-methyl/N-ethyl adjacent to an activating group) is 1. The SMILES string of the molecule is CN1CCN(S(=O)(=O)c2ccc(NC(=O)C3CC(=O)N(CC(F)(F)F)C3)cc2)CC1. The predicted molar refractivity (Wildman–Crippen MR) is 102 cm³/mol. The minimum atomic E-state index is -4.52. The number of amides is 2. The molecule has 1 aromatic rings. The number of anilines is 1. The van der Waals surface area contributed by atoms with E-state index < -0.39 is 40.5 Å². The van der Waals surface area contributed by atoms with E-state index in [2.05, 4.69) is 5.32 Å². The summed E-state index contributed by atoms with van der Waals surface area (Å²) in [6.45, 7) is 0.370. The number of piperazine rings is 1. The average Bonchev–Trinajstić information content (AvgIpc) is 3.01. The van der Waals surface area contributed by atoms with E-state index in [9.17, 15) is 31.2 Å². The van der Waals surface area contributed by atoms with Crippen molar-refractivity contribution in [3.05, 3.63) is 24.3 Å². The van der Waals surface area contributed by atoms with Crippen molar-refractivity contribution in [2.24, 2.45) is 5.92 Å². The Morgan fingerprint density at radius 3 is 2.30 bits per heavy atom. The predicted octanol–water partition coefficient (Wildman–Crippen LogP) is 0.972. The van der Waals surface area contributed by atoms with Gasteiger partial charge in [0, 0.05) is 44.8 Å². The number of carbonyl (C=O) groups excluding carboxylic acids is 2. The van der Waals surface area contributed by atoms with Gasteiger partial charge in [-0.15, -0.1) is 0 Å². The van der Waals surface area contributed by atoms with E-state index in [0.717, 1.165) is 0 Å². The van der Waals surface area contributed by atoms with Crippen LogP contribution in [0.3, 0.4) is 0 Å². The zero-order chi connectivity index (χ0) is 22.1. The van der Waals surface area contributed by atoms with Gasteiger partial charge >= 0.3 is 6.18 Å². The molecule has 2 saturated heterocycles. The van der Waals surface area contributed by atoms with Crippen LogP contribution in [0.1, 0.15) is 6.42 Å². The number of alkyl halides is 3. The second kappa shape index (κ2) is 8.52. The van der Waals surface area contributed by atoms with Crippen LogP contribution in [0.25, 0.3) is 0 Å². The molecule has 0 bridgehead atoms. The van der Waals surface area contributed by atoms with Crippen molar-refractivity contribution in [3.8, 4) is 0 Å². The average molecular weight is 448 g/mol. The first-order chi connectivity index (χ1) is 14.0. The molecule has 30 heavy (non-hydrogen) atoms. The molecule has 0 radical (unpaired) electrons. The fourth-order valence-corrected chi connectivity index (χ4v) is 4.87. The van der Waals surface area contributed by atoms with Crippen LogP contribution in [0.5, 0.6) is 0 Å². The Kier molecular flexibility index (Phi) is 6.39. The van der Waals surface area contributed by atoms with E-state index in [1.165, 1.54) is 28.6 Å². The number of benzene rings is 1. The van der Waals surface area contributed by atoms with Crippen molar-refractivity contribution in [1.82, 2.24) is 14.1 Å². The quantitative estimate of drug-likeness (QED) is 0.725. The van der Waals surface area contributed by atoms with Crippen molar-refractivity contribution in [3.63, 3.8) is 0 Å². The smallest absolute Gasteiger partial charge is 0.333 e. The monoisotopic (exact) mass is 448 g/mol. The van der Waals surface area contributed by atoms with E-state index in [-0.39, 0.29) is 17.9 Å². The number of sulfonamides is 1. The number of hydrogen-bond donors (Lipinski definition) is 1. The van der Waals surface area contributed by atoms with Crippen LogP contribution in [-0.2, 0) is 19.6 Å². The Bertz CT molecular complexity index is 897. The lowest BCUT2D eigenvalue weighted by Crippen LogP contribution is -2.46. The fraction of sp³-hybridized carbons (Fsp3) is 0.556. The van der Waals surface area contributed by atoms with Gasteiger partial charge < -0.3 is 15.1 Å². The first-order valence-corrected chi connectivity index (χ1v) is 10.8. The molecule has 2 amide bonds. The van der Waals surface area contributed by atoms with Crippen molar-refractivity contribution in [1.29, 1.82) is 0 Å². The summed E-state index contributed by atoms with van der Waals surface area (Å²) in [5.41, 5.74) is 0.305. The number of carbonyl (C=O) groups is 2. The van der Waals surface area contributed by atoms with Gasteiger partial charge in [-0.2, -0.15) is 17.5 Å². The maximum absolute atomic E-state index is 12.7. The highest BCUT2D eigenvalue weighted by Crippen LogP contribution is 2.25. The minimum Gasteiger partial charge on any atom is -0.333 e. The van der Waals surface area contributed by atoms with E-state index in [4.69, 9.17) is 0 Å². The molecule has 3 rings (SSSR count). The van der Waals surface area contributed by atoms with Gasteiger partial charge in [-0.05, 0) is 31.3 Å². The van der Waals surface area contributed by atoms with Crippen LogP contribution in [0.2, 0.25) is 0 Å². The second-order valence-electron chi connectivity index (χ2n) is 7.51. The molecular formula is C18H23F3N4O4S. The number of likely N-dealkylation sites (tertiary alicyclic amines) is 1. The molecule has 2 aliphatic rings. The Labute approximate surface area is 172 Å². The molecule has 2 aliphatic heterocycles. The molecule has 2 fully saturated rings. The number of nitrogens with zero attached hydrogens (tertiary/aromatic N) is 3. The molecule has 0 aliphatic carbocycles. The Balaban J connectivity index is 1.60. The van der Waals surface area contributed by atoms with Gasteiger partial charge in [-0.25, -0.2) is 8.42 Å². The maximum atomic E-state index is 12.7. The van der Waals surface area contributed by atoms with Crippen molar-refractivity contribution in [2.75, 3.05) is 51.6 Å². The van der Waals surface area contributed by atoms with Gasteiger partial charge in [0.05, 0.1) is 10.8 Å². The molecule has 0 spiro atoms. The van der Waals surface area contributed by atoms with Crippen LogP contribution >= 0.6 is 0 Å². The van der Waals surface area contributed by atoms with E-state index in [1.54, 1.807) is 0 Å². The first kappa shape index (κ1) is 22.5. The van der Waals surface area contributed by atoms with Crippen LogP contribution in [-0.4, -0.2) is 86.8 Å². The lowest BCUT2D eigenvalue weighted by atomic mass is 10.1. The molecule has 2 heterocycles. The molecular weight excluding hydrogens is 425 g/mol. The lowest BCUT2D eigenvalue weighted by molar-refractivity contribution is -0.157. The third-order valence-electron chi connectivity index (χ3n) is 5.18. The number of nitrogens with one attached hydrogen (secondary N) is 1. The summed E-state index contributed by atoms with van der Waals surface area (Å²) in [6.07, 6.45) is -4.82. The summed E-state index contributed by atoms with van der Waals surface area (Å²) >= 11 is 0. The topological polar surface area (TPSA) is 90.0 Å². The molecule has 1 N–H and O–H groups in total. The highest BCUT2D eigenvalue weighted by molar-refractivity contribution is 7.89. The van der Waals surface area contributed by atoms with Gasteiger partial charge in [0.1, 0.15) is 6.54 Å². The summed E-state index contributed by atoms with van der Waals surface area (Å²) in [6, 6.07) is 5.59. The summed E-state index contributed by atoms with van der Waals surface area (Å²) in [7, 11) is -1.72. The van der Waals surface area contributed by atoms with Gasteiger partial charge in [0.25, 0.3) is 0 Å². The van der Waals surface area contributed by atoms with Crippen LogP contribution in [0.4, 0.5) is 18.9 Å². The molecule has 0 aromatic heterocycles. The Morgan fingerprint density at radius 1 is 1.13 bits per heavy atom. The first-order valence-electron chi connectivity index (χ1n) is 9.40. The molecule has 166 valence electrons. The number of halogens is 3. The summed E-state index contributed by atoms with van der Waals surface area (Å²) in [5.74, 6) is -2.20. The van der Waals surface area contributed by atoms with E-state index in [0.29, 0.717) is 36.8 Å². The summed E-state index contributed by atoms with van der Waals surface area (Å²) in [4.78, 5) is 26.8. The lowest BCUT2D eigenvalue weighted by Gasteiger charge is -2.31. The van der Waals surface area contributed by atoms with Gasteiger partial charge in [-0.1, -0.05) is 0 Å². The molecule has 0 saturated carbocycles. The number of hydrogen-bond acceptors (Lipinski definition) is 5. The molecule has 12 heteroatoms. The van der Waals surface area contributed by atoms with Crippen LogP contribution < -0.4 is 5.32 Å².